The van der Waals surface area contributed by atoms with Crippen LogP contribution in [0.4, 0.5) is 21.8 Å². The highest BCUT2D eigenvalue weighted by molar-refractivity contribution is 5.91. The Morgan fingerprint density at radius 2 is 1.77 bits per heavy atom. The number of nitrogens with zero attached hydrogens (tertiary/aromatic N) is 7. The Morgan fingerprint density at radius 1 is 1.09 bits per heavy atom. The van der Waals surface area contributed by atoms with E-state index in [9.17, 15) is 9.50 Å². The van der Waals surface area contributed by atoms with Crippen molar-refractivity contribution in [3.8, 4) is 5.75 Å². The largest absolute Gasteiger partial charge is 0.493 e. The third kappa shape index (κ3) is 5.07. The number of rotatable bonds is 7. The molecule has 0 amide bonds. The molecule has 3 aromatic heterocycles. The van der Waals surface area contributed by atoms with Crippen LogP contribution in [0.15, 0.2) is 30.6 Å². The fraction of sp³-hybridized carbons (Fsp3) is 0.520. The van der Waals surface area contributed by atoms with Gasteiger partial charge in [0, 0.05) is 51.4 Å². The average Bonchev–Trinajstić information content (AvgIpc) is 3.67. The quantitative estimate of drug-likeness (QED) is 0.544. The molecule has 1 aliphatic carbocycles. The summed E-state index contributed by atoms with van der Waals surface area (Å²) >= 11 is 0. The second kappa shape index (κ2) is 10.6. The molecule has 35 heavy (non-hydrogen) atoms. The van der Waals surface area contributed by atoms with E-state index in [4.69, 9.17) is 9.72 Å². The van der Waals surface area contributed by atoms with E-state index in [0.717, 1.165) is 35.9 Å². The molecule has 188 valence electrons. The first-order valence-electron chi connectivity index (χ1n) is 12.2. The van der Waals surface area contributed by atoms with Gasteiger partial charge in [-0.3, -0.25) is 0 Å². The van der Waals surface area contributed by atoms with Crippen LogP contribution in [0.5, 0.6) is 5.75 Å². The number of ether oxygens (including phenoxy) is 1. The average molecular weight is 484 g/mol. The van der Waals surface area contributed by atoms with Crippen LogP contribution in [0.3, 0.4) is 0 Å². The molecule has 1 saturated heterocycles. The van der Waals surface area contributed by atoms with Gasteiger partial charge in [-0.25, -0.2) is 24.3 Å². The Bertz CT molecular complexity index is 1150. The third-order valence-corrected chi connectivity index (χ3v) is 6.31. The molecule has 0 unspecified atom stereocenters. The van der Waals surface area contributed by atoms with Gasteiger partial charge in [-0.05, 0) is 31.0 Å². The van der Waals surface area contributed by atoms with E-state index in [1.54, 1.807) is 19.5 Å². The van der Waals surface area contributed by atoms with Gasteiger partial charge >= 0.3 is 0 Å². The molecule has 4 heterocycles. The molecule has 0 aromatic carbocycles. The molecule has 3 aromatic rings. The first-order chi connectivity index (χ1) is 17.0. The van der Waals surface area contributed by atoms with Gasteiger partial charge in [0.1, 0.15) is 11.6 Å². The lowest BCUT2D eigenvalue weighted by molar-refractivity contribution is 0.301. The summed E-state index contributed by atoms with van der Waals surface area (Å²) in [7, 11) is 3.52. The van der Waals surface area contributed by atoms with Gasteiger partial charge in [0.05, 0.1) is 25.4 Å². The van der Waals surface area contributed by atoms with Crippen LogP contribution in [-0.4, -0.2) is 78.5 Å². The molecule has 1 N–H and O–H groups in total. The summed E-state index contributed by atoms with van der Waals surface area (Å²) in [5.41, 5.74) is -0.799. The Labute approximate surface area is 205 Å². The minimum absolute atomic E-state index is 0.0296. The molecule has 0 atom stereocenters. The number of hydrogen-bond donors (Lipinski definition) is 1. The first kappa shape index (κ1) is 24.8. The summed E-state index contributed by atoms with van der Waals surface area (Å²) in [6.07, 6.45) is 4.35. The fourth-order valence-electron chi connectivity index (χ4n) is 4.16. The topological polar surface area (TPSA) is 90.7 Å². The van der Waals surface area contributed by atoms with Gasteiger partial charge in [0.15, 0.2) is 23.1 Å². The van der Waals surface area contributed by atoms with Crippen molar-refractivity contribution in [3.05, 3.63) is 36.4 Å². The molecule has 2 aliphatic rings. The Morgan fingerprint density at radius 3 is 2.40 bits per heavy atom. The number of anilines is 3. The SMILES string of the molecule is CC.COc1cccnc1N1CCN(c2nc(C3(F)CC3)nc3cnc(N(C)CCO)cc23)CC1. The van der Waals surface area contributed by atoms with Gasteiger partial charge in [0.2, 0.25) is 0 Å². The summed E-state index contributed by atoms with van der Waals surface area (Å²) in [6.45, 7) is 7.37. The lowest BCUT2D eigenvalue weighted by atomic mass is 10.2. The number of pyridine rings is 2. The summed E-state index contributed by atoms with van der Waals surface area (Å²) in [4.78, 5) is 24.5. The number of methoxy groups -OCH3 is 1. The predicted octanol–water partition coefficient (Wildman–Crippen LogP) is 3.17. The maximum Gasteiger partial charge on any atom is 0.171 e. The molecule has 0 bridgehead atoms. The van der Waals surface area contributed by atoms with E-state index >= 15 is 0 Å². The zero-order chi connectivity index (χ0) is 25.0. The molecule has 1 saturated carbocycles. The zero-order valence-electron chi connectivity index (χ0n) is 20.9. The van der Waals surface area contributed by atoms with Crippen molar-refractivity contribution in [3.63, 3.8) is 0 Å². The molecule has 1 aliphatic heterocycles. The van der Waals surface area contributed by atoms with Crippen LogP contribution in [-0.2, 0) is 5.67 Å². The highest BCUT2D eigenvalue weighted by atomic mass is 19.1. The normalized spacial score (nSPS) is 16.5. The zero-order valence-corrected chi connectivity index (χ0v) is 20.9. The van der Waals surface area contributed by atoms with Crippen LogP contribution in [0.25, 0.3) is 10.9 Å². The predicted molar refractivity (Wildman–Crippen MR) is 136 cm³/mol. The van der Waals surface area contributed by atoms with Crippen molar-refractivity contribution in [1.29, 1.82) is 0 Å². The fourth-order valence-corrected chi connectivity index (χ4v) is 4.16. The monoisotopic (exact) mass is 483 g/mol. The van der Waals surface area contributed by atoms with Crippen molar-refractivity contribution < 1.29 is 14.2 Å². The van der Waals surface area contributed by atoms with Gasteiger partial charge in [0.25, 0.3) is 0 Å². The Kier molecular flexibility index (Phi) is 7.49. The van der Waals surface area contributed by atoms with Crippen LogP contribution in [0.2, 0.25) is 0 Å². The van der Waals surface area contributed by atoms with Crippen molar-refractivity contribution in [2.24, 2.45) is 0 Å². The Hall–Kier alpha value is -3.27. The van der Waals surface area contributed by atoms with E-state index in [0.29, 0.717) is 43.8 Å². The lowest BCUT2D eigenvalue weighted by Gasteiger charge is -2.37. The standard InChI is InChI=1S/C23H28FN7O2.C2H6/c1-29(12-13-32)19-14-16-17(15-26-19)27-22(23(24)5-6-23)28-20(16)30-8-10-31(11-9-30)21-18(33-2)4-3-7-25-21;1-2/h3-4,7,14-15,32H,5-6,8-13H2,1-2H3;1-2H3. The number of aromatic nitrogens is 4. The maximum atomic E-state index is 15.0. The van der Waals surface area contributed by atoms with Gasteiger partial charge in [-0.1, -0.05) is 13.8 Å². The van der Waals surface area contributed by atoms with E-state index in [-0.39, 0.29) is 12.4 Å². The van der Waals surface area contributed by atoms with Crippen LogP contribution >= 0.6 is 0 Å². The number of piperazine rings is 1. The molecule has 10 heteroatoms. The molecule has 2 fully saturated rings. The summed E-state index contributed by atoms with van der Waals surface area (Å²) in [5, 5.41) is 10.1. The minimum atomic E-state index is -1.43. The first-order valence-corrected chi connectivity index (χ1v) is 12.2. The highest BCUT2D eigenvalue weighted by Gasteiger charge is 2.48. The van der Waals surface area contributed by atoms with E-state index in [2.05, 4.69) is 24.8 Å². The second-order valence-corrected chi connectivity index (χ2v) is 8.54. The third-order valence-electron chi connectivity index (χ3n) is 6.31. The van der Waals surface area contributed by atoms with Crippen molar-refractivity contribution in [2.45, 2.75) is 32.4 Å². The van der Waals surface area contributed by atoms with Crippen molar-refractivity contribution in [1.82, 2.24) is 19.9 Å². The number of aliphatic hydroxyl groups excluding tert-OH is 1. The molecular weight excluding hydrogens is 449 g/mol. The van der Waals surface area contributed by atoms with Gasteiger partial charge in [-0.2, -0.15) is 0 Å². The van der Waals surface area contributed by atoms with Crippen LogP contribution in [0.1, 0.15) is 32.5 Å². The molecule has 5 rings (SSSR count). The number of aliphatic hydroxyl groups is 1. The molecule has 0 spiro atoms. The molecular formula is C25H34FN7O2. The second-order valence-electron chi connectivity index (χ2n) is 8.54. The number of hydrogen-bond acceptors (Lipinski definition) is 9. The summed E-state index contributed by atoms with van der Waals surface area (Å²) < 4.78 is 20.4. The van der Waals surface area contributed by atoms with Crippen LogP contribution < -0.4 is 19.4 Å². The smallest absolute Gasteiger partial charge is 0.171 e. The lowest BCUT2D eigenvalue weighted by Crippen LogP contribution is -2.47. The Balaban J connectivity index is 0.00000141. The van der Waals surface area contributed by atoms with Gasteiger partial charge < -0.3 is 24.5 Å². The van der Waals surface area contributed by atoms with E-state index in [1.807, 2.05) is 44.0 Å². The molecule has 0 radical (unpaired) electrons. The van der Waals surface area contributed by atoms with E-state index in [1.165, 1.54) is 0 Å². The van der Waals surface area contributed by atoms with Crippen LogP contribution in [0, 0.1) is 0 Å². The van der Waals surface area contributed by atoms with Crippen molar-refractivity contribution >= 4 is 28.4 Å². The summed E-state index contributed by atoms with van der Waals surface area (Å²) in [5.74, 6) is 3.26. The molecule has 9 nitrogen and oxygen atoms in total. The maximum absolute atomic E-state index is 15.0. The number of likely N-dealkylation sites (N-methyl/N-ethyl adjacent to an activating group) is 1. The van der Waals surface area contributed by atoms with E-state index < -0.39 is 5.67 Å². The number of halogens is 1. The highest BCUT2D eigenvalue weighted by Crippen LogP contribution is 2.49. The van der Waals surface area contributed by atoms with Gasteiger partial charge in [-0.15, -0.1) is 0 Å². The number of alkyl halides is 1. The van der Waals surface area contributed by atoms with Crippen molar-refractivity contribution in [2.75, 3.05) is 68.2 Å². The number of fused-ring (bicyclic) bond motifs is 1. The summed E-state index contributed by atoms with van der Waals surface area (Å²) in [6, 6.07) is 5.69. The minimum Gasteiger partial charge on any atom is -0.493 e.